The molecule has 0 saturated heterocycles. The van der Waals surface area contributed by atoms with Crippen molar-refractivity contribution in [3.05, 3.63) is 45.5 Å². The Bertz CT molecular complexity index is 845. The molecule has 106 valence electrons. The number of anilines is 1. The summed E-state index contributed by atoms with van der Waals surface area (Å²) in [6, 6.07) is 11.4. The average molecular weight is 410 g/mol. The van der Waals surface area contributed by atoms with Gasteiger partial charge in [0, 0.05) is 14.8 Å². The third-order valence-corrected chi connectivity index (χ3v) is 5.06. The second kappa shape index (κ2) is 5.61. The van der Waals surface area contributed by atoms with Gasteiger partial charge in [-0.1, -0.05) is 6.07 Å². The molecule has 1 aromatic heterocycles. The maximum absolute atomic E-state index is 10.8. The summed E-state index contributed by atoms with van der Waals surface area (Å²) in [4.78, 5) is 15.4. The van der Waals surface area contributed by atoms with Crippen LogP contribution in [0.1, 0.15) is 5.56 Å². The van der Waals surface area contributed by atoms with E-state index in [0.29, 0.717) is 0 Å². The molecule has 21 heavy (non-hydrogen) atoms. The maximum Gasteiger partial charge on any atom is 0.307 e. The molecule has 0 spiro atoms. The number of aliphatic carboxylic acids is 1. The summed E-state index contributed by atoms with van der Waals surface area (Å²) in [5.74, 6) is -0.827. The molecule has 0 fully saturated rings. The van der Waals surface area contributed by atoms with Crippen LogP contribution in [0.4, 0.5) is 5.69 Å². The number of nitrogen functional groups attached to an aromatic ring is 1. The summed E-state index contributed by atoms with van der Waals surface area (Å²) < 4.78 is 1.99. The van der Waals surface area contributed by atoms with Crippen molar-refractivity contribution in [2.24, 2.45) is 0 Å². The number of thiazole rings is 1. The fourth-order valence-electron chi connectivity index (χ4n) is 2.04. The lowest BCUT2D eigenvalue weighted by Crippen LogP contribution is -1.99. The van der Waals surface area contributed by atoms with Gasteiger partial charge in [-0.15, -0.1) is 11.3 Å². The topological polar surface area (TPSA) is 76.2 Å². The van der Waals surface area contributed by atoms with E-state index in [1.807, 2.05) is 36.4 Å². The van der Waals surface area contributed by atoms with E-state index >= 15 is 0 Å². The summed E-state index contributed by atoms with van der Waals surface area (Å²) in [5.41, 5.74) is 9.28. The van der Waals surface area contributed by atoms with Crippen LogP contribution < -0.4 is 5.73 Å². The molecule has 2 aromatic carbocycles. The first kappa shape index (κ1) is 14.3. The highest BCUT2D eigenvalue weighted by Crippen LogP contribution is 2.32. The van der Waals surface area contributed by atoms with Gasteiger partial charge in [0.05, 0.1) is 16.6 Å². The number of hydrogen-bond donors (Lipinski definition) is 2. The molecule has 0 aliphatic rings. The second-order valence-corrected chi connectivity index (χ2v) is 6.82. The van der Waals surface area contributed by atoms with E-state index in [4.69, 9.17) is 10.8 Å². The van der Waals surface area contributed by atoms with Crippen LogP contribution in [0, 0.1) is 3.57 Å². The molecule has 1 heterocycles. The minimum Gasteiger partial charge on any atom is -0.481 e. The van der Waals surface area contributed by atoms with Crippen LogP contribution in [0.25, 0.3) is 20.8 Å². The summed E-state index contributed by atoms with van der Waals surface area (Å²) in [6.45, 7) is 0. The quantitative estimate of drug-likeness (QED) is 0.509. The van der Waals surface area contributed by atoms with Gasteiger partial charge >= 0.3 is 5.97 Å². The molecule has 0 unspecified atom stereocenters. The Morgan fingerprint density at radius 2 is 2.10 bits per heavy atom. The molecular weight excluding hydrogens is 399 g/mol. The van der Waals surface area contributed by atoms with Gasteiger partial charge in [-0.25, -0.2) is 4.98 Å². The second-order valence-electron chi connectivity index (χ2n) is 4.63. The number of fused-ring (bicyclic) bond motifs is 1. The summed E-state index contributed by atoms with van der Waals surface area (Å²) in [7, 11) is 0. The van der Waals surface area contributed by atoms with Crippen LogP contribution in [0.15, 0.2) is 36.4 Å². The number of carbonyl (C=O) groups is 1. The van der Waals surface area contributed by atoms with E-state index in [9.17, 15) is 4.79 Å². The molecule has 0 aliphatic heterocycles. The molecule has 6 heteroatoms. The van der Waals surface area contributed by atoms with Crippen molar-refractivity contribution in [1.29, 1.82) is 0 Å². The summed E-state index contributed by atoms with van der Waals surface area (Å²) in [5, 5.41) is 9.77. The molecule has 3 aromatic rings. The lowest BCUT2D eigenvalue weighted by Gasteiger charge is -2.00. The van der Waals surface area contributed by atoms with E-state index in [-0.39, 0.29) is 6.42 Å². The summed E-state index contributed by atoms with van der Waals surface area (Å²) in [6.07, 6.45) is 0.0307. The number of halogens is 1. The largest absolute Gasteiger partial charge is 0.481 e. The van der Waals surface area contributed by atoms with Gasteiger partial charge in [0.15, 0.2) is 0 Å². The molecule has 3 rings (SSSR count). The standard InChI is InChI=1S/C15H11IN2O2S/c16-10-7-9(2-3-11(10)17)15-18-12-4-1-8(6-14(19)20)5-13(12)21-15/h1-5,7H,6,17H2,(H,19,20). The predicted octanol–water partition coefficient (Wildman–Crippen LogP) is 3.78. The fraction of sp³-hybridized carbons (Fsp3) is 0.0667. The van der Waals surface area contributed by atoms with E-state index in [1.54, 1.807) is 11.3 Å². The summed E-state index contributed by atoms with van der Waals surface area (Å²) >= 11 is 3.76. The van der Waals surface area contributed by atoms with Gasteiger partial charge in [-0.2, -0.15) is 0 Å². The minimum absolute atomic E-state index is 0.0307. The van der Waals surface area contributed by atoms with Gasteiger partial charge < -0.3 is 10.8 Å². The molecule has 0 radical (unpaired) electrons. The number of nitrogens with zero attached hydrogens (tertiary/aromatic N) is 1. The zero-order chi connectivity index (χ0) is 15.0. The Hall–Kier alpha value is -1.67. The van der Waals surface area contributed by atoms with Crippen molar-refractivity contribution < 1.29 is 9.90 Å². The zero-order valence-electron chi connectivity index (χ0n) is 10.8. The molecule has 0 bridgehead atoms. The van der Waals surface area contributed by atoms with E-state index < -0.39 is 5.97 Å². The van der Waals surface area contributed by atoms with E-state index in [2.05, 4.69) is 27.6 Å². The Kier molecular flexibility index (Phi) is 3.81. The number of benzene rings is 2. The first-order valence-corrected chi connectivity index (χ1v) is 8.09. The lowest BCUT2D eigenvalue weighted by molar-refractivity contribution is -0.136. The predicted molar refractivity (Wildman–Crippen MR) is 93.5 cm³/mol. The van der Waals surface area contributed by atoms with Gasteiger partial charge in [0.25, 0.3) is 0 Å². The number of nitrogens with two attached hydrogens (primary N) is 1. The first-order chi connectivity index (χ1) is 10.0. The van der Waals surface area contributed by atoms with Crippen molar-refractivity contribution in [3.63, 3.8) is 0 Å². The van der Waals surface area contributed by atoms with Crippen molar-refractivity contribution >= 4 is 55.8 Å². The maximum atomic E-state index is 10.8. The third-order valence-electron chi connectivity index (χ3n) is 3.06. The molecule has 4 nitrogen and oxygen atoms in total. The molecule has 0 amide bonds. The number of hydrogen-bond acceptors (Lipinski definition) is 4. The minimum atomic E-state index is -0.827. The molecule has 0 saturated carbocycles. The monoisotopic (exact) mass is 410 g/mol. The van der Waals surface area contributed by atoms with E-state index in [0.717, 1.165) is 35.6 Å². The van der Waals surface area contributed by atoms with Crippen LogP contribution in [0.3, 0.4) is 0 Å². The Labute approximate surface area is 138 Å². The number of aromatic nitrogens is 1. The number of carboxylic acid groups (broad SMARTS) is 1. The smallest absolute Gasteiger partial charge is 0.307 e. The Morgan fingerprint density at radius 3 is 2.81 bits per heavy atom. The molecule has 3 N–H and O–H groups in total. The Balaban J connectivity index is 2.04. The average Bonchev–Trinajstić information content (AvgIpc) is 2.84. The first-order valence-electron chi connectivity index (χ1n) is 6.19. The van der Waals surface area contributed by atoms with Crippen LogP contribution in [-0.2, 0) is 11.2 Å². The third kappa shape index (κ3) is 3.01. The van der Waals surface area contributed by atoms with Crippen LogP contribution in [0.2, 0.25) is 0 Å². The highest BCUT2D eigenvalue weighted by molar-refractivity contribution is 14.1. The van der Waals surface area contributed by atoms with Crippen molar-refractivity contribution in [1.82, 2.24) is 4.98 Å². The Morgan fingerprint density at radius 1 is 1.29 bits per heavy atom. The van der Waals surface area contributed by atoms with Crippen LogP contribution in [0.5, 0.6) is 0 Å². The van der Waals surface area contributed by atoms with Gasteiger partial charge in [-0.05, 0) is 58.5 Å². The molecular formula is C15H11IN2O2S. The highest BCUT2D eigenvalue weighted by atomic mass is 127. The van der Waals surface area contributed by atoms with Gasteiger partial charge in [0.1, 0.15) is 5.01 Å². The van der Waals surface area contributed by atoms with Crippen molar-refractivity contribution in [3.8, 4) is 10.6 Å². The normalized spacial score (nSPS) is 10.9. The van der Waals surface area contributed by atoms with Gasteiger partial charge in [0.2, 0.25) is 0 Å². The molecule has 0 atom stereocenters. The van der Waals surface area contributed by atoms with Gasteiger partial charge in [-0.3, -0.25) is 4.79 Å². The van der Waals surface area contributed by atoms with Crippen molar-refractivity contribution in [2.75, 3.05) is 5.73 Å². The van der Waals surface area contributed by atoms with Crippen LogP contribution in [-0.4, -0.2) is 16.1 Å². The fourth-order valence-corrected chi connectivity index (χ4v) is 3.58. The van der Waals surface area contributed by atoms with Crippen LogP contribution >= 0.6 is 33.9 Å². The molecule has 0 aliphatic carbocycles. The van der Waals surface area contributed by atoms with E-state index in [1.165, 1.54) is 0 Å². The lowest BCUT2D eigenvalue weighted by atomic mass is 10.1. The van der Waals surface area contributed by atoms with Crippen molar-refractivity contribution in [2.45, 2.75) is 6.42 Å². The zero-order valence-corrected chi connectivity index (χ0v) is 13.8. The number of rotatable bonds is 3. The highest BCUT2D eigenvalue weighted by Gasteiger charge is 2.09. The number of carboxylic acids is 1. The SMILES string of the molecule is Nc1ccc(-c2nc3ccc(CC(=O)O)cc3s2)cc1I.